The lowest BCUT2D eigenvalue weighted by molar-refractivity contribution is -0.130. The maximum absolute atomic E-state index is 12.2. The van der Waals surface area contributed by atoms with Crippen LogP contribution < -0.4 is 9.47 Å². The van der Waals surface area contributed by atoms with Crippen LogP contribution in [0, 0.1) is 0 Å². The van der Waals surface area contributed by atoms with Crippen LogP contribution in [0.15, 0.2) is 97.6 Å². The summed E-state index contributed by atoms with van der Waals surface area (Å²) in [6.07, 6.45) is 0. The lowest BCUT2D eigenvalue weighted by Gasteiger charge is -2.14. The highest BCUT2D eigenvalue weighted by molar-refractivity contribution is 5.91. The van der Waals surface area contributed by atoms with Crippen molar-refractivity contribution in [3.05, 3.63) is 103 Å². The summed E-state index contributed by atoms with van der Waals surface area (Å²) in [6, 6.07) is 20.7. The summed E-state index contributed by atoms with van der Waals surface area (Å²) in [4.78, 5) is 23.9. The SMILES string of the molecule is C=C(C)C(=O)Oc1ccc(-c2ccc(OC(=O)C(=C)C)c(-c3ccc(C(=C)C)cc3)c2)cc1. The molecule has 0 saturated heterocycles. The zero-order chi connectivity index (χ0) is 24.1. The molecule has 0 heterocycles. The standard InChI is InChI=1S/C29H26O4/c1-18(2)21-7-9-23(10-8-21)26-17-24(13-16-27(26)33-29(31)20(5)6)22-11-14-25(15-12-22)32-28(30)19(3)4/h7-17H,1,3,5H2,2,4,6H3. The minimum atomic E-state index is -0.480. The van der Waals surface area contributed by atoms with E-state index in [1.165, 1.54) is 0 Å². The summed E-state index contributed by atoms with van der Waals surface area (Å²) < 4.78 is 10.9. The lowest BCUT2D eigenvalue weighted by atomic mass is 9.96. The van der Waals surface area contributed by atoms with Gasteiger partial charge in [-0.1, -0.05) is 67.8 Å². The van der Waals surface area contributed by atoms with Gasteiger partial charge in [-0.2, -0.15) is 0 Å². The molecule has 0 spiro atoms. The van der Waals surface area contributed by atoms with Crippen molar-refractivity contribution < 1.29 is 19.1 Å². The quantitative estimate of drug-likeness (QED) is 0.226. The Balaban J connectivity index is 2.00. The largest absolute Gasteiger partial charge is 0.423 e. The zero-order valence-electron chi connectivity index (χ0n) is 19.1. The maximum Gasteiger partial charge on any atom is 0.338 e. The molecule has 0 amide bonds. The second kappa shape index (κ2) is 9.96. The third-order valence-corrected chi connectivity index (χ3v) is 4.97. The van der Waals surface area contributed by atoms with Crippen molar-refractivity contribution in [1.29, 1.82) is 0 Å². The topological polar surface area (TPSA) is 52.6 Å². The molecule has 166 valence electrons. The van der Waals surface area contributed by atoms with Gasteiger partial charge in [0.05, 0.1) is 0 Å². The third kappa shape index (κ3) is 5.74. The van der Waals surface area contributed by atoms with Gasteiger partial charge in [-0.05, 0) is 67.3 Å². The normalized spacial score (nSPS) is 10.3. The van der Waals surface area contributed by atoms with Crippen LogP contribution >= 0.6 is 0 Å². The number of esters is 2. The third-order valence-electron chi connectivity index (χ3n) is 4.97. The number of ether oxygens (including phenoxy) is 2. The Morgan fingerprint density at radius 2 is 1.15 bits per heavy atom. The average Bonchev–Trinajstić information content (AvgIpc) is 2.79. The summed E-state index contributed by atoms with van der Waals surface area (Å²) in [5.41, 5.74) is 6.17. The molecule has 0 atom stereocenters. The summed E-state index contributed by atoms with van der Waals surface area (Å²) >= 11 is 0. The van der Waals surface area contributed by atoms with Crippen molar-refractivity contribution >= 4 is 17.5 Å². The molecule has 3 aromatic rings. The van der Waals surface area contributed by atoms with E-state index in [0.29, 0.717) is 22.6 Å². The Morgan fingerprint density at radius 3 is 1.70 bits per heavy atom. The molecule has 4 heteroatoms. The molecular formula is C29H26O4. The lowest BCUT2D eigenvalue weighted by Crippen LogP contribution is -2.09. The minimum absolute atomic E-state index is 0.322. The second-order valence-corrected chi connectivity index (χ2v) is 7.93. The number of carbonyl (C=O) groups is 2. The second-order valence-electron chi connectivity index (χ2n) is 7.93. The van der Waals surface area contributed by atoms with E-state index in [0.717, 1.165) is 33.4 Å². The molecule has 0 fully saturated rings. The van der Waals surface area contributed by atoms with Crippen molar-refractivity contribution in [2.45, 2.75) is 20.8 Å². The van der Waals surface area contributed by atoms with E-state index in [4.69, 9.17) is 9.47 Å². The van der Waals surface area contributed by atoms with Crippen LogP contribution in [0.25, 0.3) is 27.8 Å². The van der Waals surface area contributed by atoms with E-state index in [9.17, 15) is 9.59 Å². The molecule has 33 heavy (non-hydrogen) atoms. The first kappa shape index (κ1) is 23.5. The number of benzene rings is 3. The van der Waals surface area contributed by atoms with Gasteiger partial charge in [0.15, 0.2) is 0 Å². The van der Waals surface area contributed by atoms with E-state index < -0.39 is 11.9 Å². The first-order chi connectivity index (χ1) is 15.7. The highest BCUT2D eigenvalue weighted by Crippen LogP contribution is 2.36. The van der Waals surface area contributed by atoms with Gasteiger partial charge in [0, 0.05) is 16.7 Å². The van der Waals surface area contributed by atoms with Crippen LogP contribution in [0.3, 0.4) is 0 Å². The Bertz CT molecular complexity index is 1250. The molecule has 0 aromatic heterocycles. The Morgan fingerprint density at radius 1 is 0.636 bits per heavy atom. The number of hydrogen-bond acceptors (Lipinski definition) is 4. The van der Waals surface area contributed by atoms with E-state index in [1.54, 1.807) is 32.0 Å². The summed E-state index contributed by atoms with van der Waals surface area (Å²) in [6.45, 7) is 16.4. The van der Waals surface area contributed by atoms with Crippen LogP contribution in [-0.2, 0) is 9.59 Å². The molecule has 0 saturated carbocycles. The van der Waals surface area contributed by atoms with Crippen molar-refractivity contribution in [3.63, 3.8) is 0 Å². The van der Waals surface area contributed by atoms with Gasteiger partial charge in [0.1, 0.15) is 11.5 Å². The Labute approximate surface area is 194 Å². The van der Waals surface area contributed by atoms with Crippen LogP contribution in [0.5, 0.6) is 11.5 Å². The first-order valence-electron chi connectivity index (χ1n) is 10.4. The number of rotatable bonds is 7. The van der Waals surface area contributed by atoms with Crippen LogP contribution in [0.2, 0.25) is 0 Å². The molecule has 3 aromatic carbocycles. The number of hydrogen-bond donors (Lipinski definition) is 0. The van der Waals surface area contributed by atoms with Crippen molar-refractivity contribution in [2.75, 3.05) is 0 Å². The molecule has 0 aliphatic carbocycles. The fourth-order valence-corrected chi connectivity index (χ4v) is 3.06. The predicted molar refractivity (Wildman–Crippen MR) is 133 cm³/mol. The van der Waals surface area contributed by atoms with E-state index in [1.807, 2.05) is 55.5 Å². The van der Waals surface area contributed by atoms with E-state index in [2.05, 4.69) is 19.7 Å². The minimum Gasteiger partial charge on any atom is -0.423 e. The Hall–Kier alpha value is -4.18. The first-order valence-corrected chi connectivity index (χ1v) is 10.4. The fraction of sp³-hybridized carbons (Fsp3) is 0.103. The van der Waals surface area contributed by atoms with Crippen LogP contribution in [0.4, 0.5) is 0 Å². The predicted octanol–water partition coefficient (Wildman–Crippen LogP) is 7.02. The van der Waals surface area contributed by atoms with Crippen molar-refractivity contribution in [2.24, 2.45) is 0 Å². The Kier molecular flexibility index (Phi) is 7.09. The smallest absolute Gasteiger partial charge is 0.338 e. The monoisotopic (exact) mass is 438 g/mol. The molecular weight excluding hydrogens is 412 g/mol. The highest BCUT2D eigenvalue weighted by Gasteiger charge is 2.14. The zero-order valence-corrected chi connectivity index (χ0v) is 19.1. The maximum atomic E-state index is 12.2. The van der Waals surface area contributed by atoms with E-state index in [-0.39, 0.29) is 0 Å². The van der Waals surface area contributed by atoms with Gasteiger partial charge in [0.25, 0.3) is 0 Å². The van der Waals surface area contributed by atoms with Gasteiger partial charge in [-0.25, -0.2) is 9.59 Å². The fourth-order valence-electron chi connectivity index (χ4n) is 3.06. The molecule has 0 bridgehead atoms. The summed E-state index contributed by atoms with van der Waals surface area (Å²) in [7, 11) is 0. The van der Waals surface area contributed by atoms with Gasteiger partial charge in [-0.15, -0.1) is 0 Å². The molecule has 0 unspecified atom stereocenters. The molecule has 4 nitrogen and oxygen atoms in total. The van der Waals surface area contributed by atoms with Crippen LogP contribution in [0.1, 0.15) is 26.3 Å². The van der Waals surface area contributed by atoms with Gasteiger partial charge < -0.3 is 9.47 Å². The average molecular weight is 439 g/mol. The van der Waals surface area contributed by atoms with Crippen LogP contribution in [-0.4, -0.2) is 11.9 Å². The molecule has 0 radical (unpaired) electrons. The summed E-state index contributed by atoms with van der Waals surface area (Å²) in [5.74, 6) is -0.0608. The summed E-state index contributed by atoms with van der Waals surface area (Å²) in [5, 5.41) is 0. The van der Waals surface area contributed by atoms with Gasteiger partial charge in [0.2, 0.25) is 0 Å². The van der Waals surface area contributed by atoms with E-state index >= 15 is 0 Å². The number of allylic oxidation sites excluding steroid dienone is 1. The molecule has 0 N–H and O–H groups in total. The van der Waals surface area contributed by atoms with Gasteiger partial charge >= 0.3 is 11.9 Å². The van der Waals surface area contributed by atoms with Gasteiger partial charge in [-0.3, -0.25) is 0 Å². The van der Waals surface area contributed by atoms with Crippen molar-refractivity contribution in [1.82, 2.24) is 0 Å². The van der Waals surface area contributed by atoms with Crippen molar-refractivity contribution in [3.8, 4) is 33.8 Å². The number of carbonyl (C=O) groups excluding carboxylic acids is 2. The highest BCUT2D eigenvalue weighted by atomic mass is 16.5. The molecule has 0 aliphatic heterocycles. The molecule has 3 rings (SSSR count). The molecule has 0 aliphatic rings.